The molecule has 21 heavy (non-hydrogen) atoms. The molecule has 0 saturated heterocycles. The fourth-order valence-electron chi connectivity index (χ4n) is 1.78. The predicted octanol–water partition coefficient (Wildman–Crippen LogP) is 2.43. The minimum Gasteiger partial charge on any atom is -0.480 e. The van der Waals surface area contributed by atoms with Crippen molar-refractivity contribution in [2.75, 3.05) is 13.1 Å². The Hall–Kier alpha value is -2.15. The number of rotatable bonds is 6. The molecule has 0 heterocycles. The van der Waals surface area contributed by atoms with Gasteiger partial charge in [0.1, 0.15) is 6.54 Å². The Labute approximate surface area is 126 Å². The summed E-state index contributed by atoms with van der Waals surface area (Å²) in [6.45, 7) is 3.38. The Balaban J connectivity index is 3.15. The van der Waals surface area contributed by atoms with E-state index in [1.807, 2.05) is 13.8 Å². The van der Waals surface area contributed by atoms with Crippen molar-refractivity contribution in [3.8, 4) is 0 Å². The third-order valence-corrected chi connectivity index (χ3v) is 2.92. The van der Waals surface area contributed by atoms with Crippen LogP contribution in [0, 0.1) is 16.0 Å². The van der Waals surface area contributed by atoms with E-state index in [-0.39, 0.29) is 28.7 Å². The lowest BCUT2D eigenvalue weighted by Crippen LogP contribution is -2.38. The summed E-state index contributed by atoms with van der Waals surface area (Å²) in [5, 5.41) is 19.7. The predicted molar refractivity (Wildman–Crippen MR) is 76.5 cm³/mol. The van der Waals surface area contributed by atoms with Gasteiger partial charge in [0.2, 0.25) is 0 Å². The second kappa shape index (κ2) is 7.03. The Kier molecular flexibility index (Phi) is 5.66. The van der Waals surface area contributed by atoms with Crippen LogP contribution >= 0.6 is 11.6 Å². The number of carboxylic acid groups (broad SMARTS) is 1. The Morgan fingerprint density at radius 3 is 2.52 bits per heavy atom. The molecular formula is C13H15ClN2O5. The molecule has 1 amide bonds. The summed E-state index contributed by atoms with van der Waals surface area (Å²) < 4.78 is 0. The normalized spacial score (nSPS) is 10.5. The van der Waals surface area contributed by atoms with Crippen molar-refractivity contribution in [1.82, 2.24) is 4.90 Å². The van der Waals surface area contributed by atoms with Crippen LogP contribution in [-0.2, 0) is 4.79 Å². The summed E-state index contributed by atoms with van der Waals surface area (Å²) in [4.78, 5) is 34.4. The molecule has 0 aromatic heterocycles. The summed E-state index contributed by atoms with van der Waals surface area (Å²) in [5.41, 5.74) is -0.352. The molecule has 8 heteroatoms. The zero-order chi connectivity index (χ0) is 16.2. The van der Waals surface area contributed by atoms with Gasteiger partial charge < -0.3 is 10.0 Å². The Morgan fingerprint density at radius 2 is 2.05 bits per heavy atom. The van der Waals surface area contributed by atoms with Crippen LogP contribution in [0.1, 0.15) is 24.2 Å². The van der Waals surface area contributed by atoms with E-state index in [1.165, 1.54) is 12.1 Å². The average molecular weight is 315 g/mol. The summed E-state index contributed by atoms with van der Waals surface area (Å²) in [6, 6.07) is 3.49. The summed E-state index contributed by atoms with van der Waals surface area (Å²) in [5.74, 6) is -1.75. The van der Waals surface area contributed by atoms with Gasteiger partial charge >= 0.3 is 5.97 Å². The van der Waals surface area contributed by atoms with E-state index in [2.05, 4.69) is 0 Å². The molecule has 1 rings (SSSR count). The van der Waals surface area contributed by atoms with Gasteiger partial charge in [0.25, 0.3) is 11.6 Å². The maximum Gasteiger partial charge on any atom is 0.323 e. The lowest BCUT2D eigenvalue weighted by atomic mass is 10.1. The van der Waals surface area contributed by atoms with Crippen molar-refractivity contribution in [1.29, 1.82) is 0 Å². The van der Waals surface area contributed by atoms with Crippen molar-refractivity contribution < 1.29 is 19.6 Å². The second-order valence-corrected chi connectivity index (χ2v) is 5.30. The molecule has 0 fully saturated rings. The van der Waals surface area contributed by atoms with Gasteiger partial charge in [-0.3, -0.25) is 19.7 Å². The highest BCUT2D eigenvalue weighted by Crippen LogP contribution is 2.23. The number of non-ortho nitro benzene ring substituents is 1. The van der Waals surface area contributed by atoms with E-state index in [0.717, 1.165) is 11.0 Å². The number of hydrogen-bond donors (Lipinski definition) is 1. The van der Waals surface area contributed by atoms with Crippen LogP contribution in [0.25, 0.3) is 0 Å². The number of nitro benzene ring substituents is 1. The number of halogens is 1. The zero-order valence-electron chi connectivity index (χ0n) is 11.6. The molecule has 1 N–H and O–H groups in total. The topological polar surface area (TPSA) is 101 Å². The highest BCUT2D eigenvalue weighted by Gasteiger charge is 2.23. The molecule has 0 aliphatic rings. The molecular weight excluding hydrogens is 300 g/mol. The molecule has 0 unspecified atom stereocenters. The van der Waals surface area contributed by atoms with E-state index < -0.39 is 23.3 Å². The van der Waals surface area contributed by atoms with Gasteiger partial charge in [0.15, 0.2) is 0 Å². The quantitative estimate of drug-likeness (QED) is 0.642. The number of carbonyl (C=O) groups is 2. The van der Waals surface area contributed by atoms with E-state index in [1.54, 1.807) is 0 Å². The van der Waals surface area contributed by atoms with Crippen LogP contribution in [0.2, 0.25) is 5.02 Å². The third kappa shape index (κ3) is 4.71. The van der Waals surface area contributed by atoms with Gasteiger partial charge in [0, 0.05) is 18.7 Å². The number of amides is 1. The Bertz CT molecular complexity index is 574. The molecule has 0 aliphatic heterocycles. The highest BCUT2D eigenvalue weighted by molar-refractivity contribution is 6.34. The van der Waals surface area contributed by atoms with Crippen molar-refractivity contribution in [3.05, 3.63) is 38.9 Å². The molecule has 0 aliphatic carbocycles. The molecule has 7 nitrogen and oxygen atoms in total. The molecule has 1 aromatic carbocycles. The van der Waals surface area contributed by atoms with Crippen LogP contribution in [0.4, 0.5) is 5.69 Å². The minimum atomic E-state index is -1.16. The Morgan fingerprint density at radius 1 is 1.43 bits per heavy atom. The fraction of sp³-hybridized carbons (Fsp3) is 0.385. The summed E-state index contributed by atoms with van der Waals surface area (Å²) >= 11 is 5.90. The van der Waals surface area contributed by atoms with E-state index in [4.69, 9.17) is 16.7 Å². The van der Waals surface area contributed by atoms with Gasteiger partial charge in [-0.2, -0.15) is 0 Å². The summed E-state index contributed by atoms with van der Waals surface area (Å²) in [7, 11) is 0. The van der Waals surface area contributed by atoms with Crippen molar-refractivity contribution in [3.63, 3.8) is 0 Å². The van der Waals surface area contributed by atoms with Crippen LogP contribution in [-0.4, -0.2) is 39.9 Å². The molecule has 0 bridgehead atoms. The number of benzene rings is 1. The first-order chi connectivity index (χ1) is 9.72. The van der Waals surface area contributed by atoms with Crippen LogP contribution in [0.15, 0.2) is 18.2 Å². The SMILES string of the molecule is CC(C)CN(CC(=O)O)C(=O)c1cc([N+](=O)[O-])ccc1Cl. The molecule has 0 spiro atoms. The van der Waals surface area contributed by atoms with Gasteiger partial charge in [-0.15, -0.1) is 0 Å². The molecule has 0 saturated carbocycles. The number of carbonyl (C=O) groups excluding carboxylic acids is 1. The lowest BCUT2D eigenvalue weighted by Gasteiger charge is -2.23. The first-order valence-electron chi connectivity index (χ1n) is 6.17. The maximum absolute atomic E-state index is 12.4. The van der Waals surface area contributed by atoms with Crippen LogP contribution < -0.4 is 0 Å². The lowest BCUT2D eigenvalue weighted by molar-refractivity contribution is -0.384. The van der Waals surface area contributed by atoms with Crippen molar-refractivity contribution in [2.24, 2.45) is 5.92 Å². The second-order valence-electron chi connectivity index (χ2n) is 4.89. The molecule has 114 valence electrons. The minimum absolute atomic E-state index is 0.0461. The smallest absolute Gasteiger partial charge is 0.323 e. The number of aliphatic carboxylic acids is 1. The monoisotopic (exact) mass is 314 g/mol. The molecule has 1 aromatic rings. The molecule has 0 radical (unpaired) electrons. The van der Waals surface area contributed by atoms with Gasteiger partial charge in [-0.1, -0.05) is 25.4 Å². The van der Waals surface area contributed by atoms with Gasteiger partial charge in [-0.25, -0.2) is 0 Å². The van der Waals surface area contributed by atoms with Crippen molar-refractivity contribution >= 4 is 29.2 Å². The number of nitrogens with zero attached hydrogens (tertiary/aromatic N) is 2. The number of hydrogen-bond acceptors (Lipinski definition) is 4. The zero-order valence-corrected chi connectivity index (χ0v) is 12.3. The van der Waals surface area contributed by atoms with E-state index in [9.17, 15) is 19.7 Å². The maximum atomic E-state index is 12.4. The number of nitro groups is 1. The van der Waals surface area contributed by atoms with Crippen LogP contribution in [0.5, 0.6) is 0 Å². The average Bonchev–Trinajstić information content (AvgIpc) is 2.36. The third-order valence-electron chi connectivity index (χ3n) is 2.59. The van der Waals surface area contributed by atoms with Gasteiger partial charge in [0.05, 0.1) is 15.5 Å². The van der Waals surface area contributed by atoms with E-state index in [0.29, 0.717) is 0 Å². The molecule has 0 atom stereocenters. The van der Waals surface area contributed by atoms with Crippen molar-refractivity contribution in [2.45, 2.75) is 13.8 Å². The van der Waals surface area contributed by atoms with E-state index >= 15 is 0 Å². The van der Waals surface area contributed by atoms with Crippen LogP contribution in [0.3, 0.4) is 0 Å². The number of carboxylic acids is 1. The van der Waals surface area contributed by atoms with Gasteiger partial charge in [-0.05, 0) is 12.0 Å². The standard InChI is InChI=1S/C13H15ClN2O5/c1-8(2)6-15(7-12(17)18)13(19)10-5-9(16(20)21)3-4-11(10)14/h3-5,8H,6-7H2,1-2H3,(H,17,18). The largest absolute Gasteiger partial charge is 0.480 e. The highest BCUT2D eigenvalue weighted by atomic mass is 35.5. The fourth-order valence-corrected chi connectivity index (χ4v) is 1.98. The summed E-state index contributed by atoms with van der Waals surface area (Å²) in [6.07, 6.45) is 0. The first kappa shape index (κ1) is 16.9. The first-order valence-corrected chi connectivity index (χ1v) is 6.55.